The van der Waals surface area contributed by atoms with Crippen LogP contribution in [0.5, 0.6) is 0 Å². The average molecular weight is 215 g/mol. The van der Waals surface area contributed by atoms with Gasteiger partial charge in [0.2, 0.25) is 0 Å². The Balaban J connectivity index is 2.83. The van der Waals surface area contributed by atoms with E-state index in [1.165, 1.54) is 0 Å². The molecule has 0 radical (unpaired) electrons. The highest BCUT2D eigenvalue weighted by molar-refractivity contribution is 6.30. The van der Waals surface area contributed by atoms with Crippen molar-refractivity contribution in [1.82, 2.24) is 5.32 Å². The number of nitrogens with two attached hydrogens (primary N) is 1. The number of rotatable bonds is 3. The van der Waals surface area contributed by atoms with Crippen LogP contribution in [-0.4, -0.2) is 17.7 Å². The van der Waals surface area contributed by atoms with Gasteiger partial charge in [0.1, 0.15) is 0 Å². The van der Waals surface area contributed by atoms with Crippen LogP contribution >= 0.6 is 11.6 Å². The van der Waals surface area contributed by atoms with Crippen molar-refractivity contribution in [3.05, 3.63) is 34.9 Å². The number of halogens is 1. The molecule has 4 N–H and O–H groups in total. The third kappa shape index (κ3) is 2.90. The highest BCUT2D eigenvalue weighted by atomic mass is 35.5. The molecule has 0 aliphatic heterocycles. The Labute approximate surface area is 86.7 Å². The molecule has 1 aromatic rings. The molecule has 0 spiro atoms. The van der Waals surface area contributed by atoms with Gasteiger partial charge in [-0.15, -0.1) is 0 Å². The van der Waals surface area contributed by atoms with Crippen molar-refractivity contribution in [3.8, 4) is 0 Å². The second kappa shape index (κ2) is 4.83. The monoisotopic (exact) mass is 214 g/mol. The Bertz CT molecular complexity index is 330. The molecule has 4 nitrogen and oxygen atoms in total. The van der Waals surface area contributed by atoms with Gasteiger partial charge >= 0.3 is 6.09 Å². The van der Waals surface area contributed by atoms with Crippen molar-refractivity contribution in [2.75, 3.05) is 6.54 Å². The molecular formula is C9H11ClN2O2. The molecule has 0 heterocycles. The van der Waals surface area contributed by atoms with E-state index in [0.717, 1.165) is 5.56 Å². The fraction of sp³-hybridized carbons (Fsp3) is 0.222. The molecule has 0 saturated heterocycles. The van der Waals surface area contributed by atoms with Gasteiger partial charge < -0.3 is 16.2 Å². The number of hydrogen-bond donors (Lipinski definition) is 3. The molecule has 0 bridgehead atoms. The summed E-state index contributed by atoms with van der Waals surface area (Å²) in [6, 6.07) is 6.53. The zero-order valence-corrected chi connectivity index (χ0v) is 8.16. The molecule has 0 saturated carbocycles. The van der Waals surface area contributed by atoms with Crippen LogP contribution < -0.4 is 11.1 Å². The largest absolute Gasteiger partial charge is 0.465 e. The fourth-order valence-electron chi connectivity index (χ4n) is 1.15. The summed E-state index contributed by atoms with van der Waals surface area (Å²) in [5, 5.41) is 11.4. The molecule has 0 fully saturated rings. The van der Waals surface area contributed by atoms with Gasteiger partial charge in [0.25, 0.3) is 0 Å². The number of benzene rings is 1. The number of carbonyl (C=O) groups is 1. The lowest BCUT2D eigenvalue weighted by molar-refractivity contribution is 0.190. The van der Waals surface area contributed by atoms with Gasteiger partial charge in [0.15, 0.2) is 0 Å². The number of amides is 1. The molecule has 0 unspecified atom stereocenters. The lowest BCUT2D eigenvalue weighted by Gasteiger charge is -2.14. The molecule has 1 aromatic carbocycles. The molecule has 76 valence electrons. The molecule has 1 amide bonds. The van der Waals surface area contributed by atoms with Crippen molar-refractivity contribution in [2.45, 2.75) is 6.04 Å². The summed E-state index contributed by atoms with van der Waals surface area (Å²) in [6.45, 7) is 0.201. The molecule has 0 aromatic heterocycles. The zero-order chi connectivity index (χ0) is 10.6. The second-order valence-corrected chi connectivity index (χ2v) is 3.23. The molecular weight excluding hydrogens is 204 g/mol. The van der Waals surface area contributed by atoms with E-state index in [4.69, 9.17) is 22.4 Å². The molecule has 1 rings (SSSR count). The van der Waals surface area contributed by atoms with E-state index in [9.17, 15) is 4.79 Å². The van der Waals surface area contributed by atoms with Gasteiger partial charge in [-0.25, -0.2) is 4.79 Å². The minimum atomic E-state index is -1.10. The van der Waals surface area contributed by atoms with Gasteiger partial charge in [-0.2, -0.15) is 0 Å². The molecule has 1 atom stereocenters. The Kier molecular flexibility index (Phi) is 3.73. The predicted molar refractivity (Wildman–Crippen MR) is 54.4 cm³/mol. The fourth-order valence-corrected chi connectivity index (χ4v) is 1.35. The summed E-state index contributed by atoms with van der Waals surface area (Å²) in [4.78, 5) is 10.4. The Morgan fingerprint density at radius 3 is 2.86 bits per heavy atom. The molecule has 5 heteroatoms. The highest BCUT2D eigenvalue weighted by Crippen LogP contribution is 2.16. The maximum absolute atomic E-state index is 10.4. The van der Waals surface area contributed by atoms with E-state index in [2.05, 4.69) is 5.32 Å². The van der Waals surface area contributed by atoms with Crippen LogP contribution in [0.25, 0.3) is 0 Å². The summed E-state index contributed by atoms with van der Waals surface area (Å²) in [6.07, 6.45) is -1.10. The average Bonchev–Trinajstić information content (AvgIpc) is 2.14. The smallest absolute Gasteiger partial charge is 0.405 e. The maximum Gasteiger partial charge on any atom is 0.405 e. The van der Waals surface area contributed by atoms with Crippen molar-refractivity contribution in [3.63, 3.8) is 0 Å². The summed E-state index contributed by atoms with van der Waals surface area (Å²) in [5.74, 6) is 0. The summed E-state index contributed by atoms with van der Waals surface area (Å²) >= 11 is 5.77. The summed E-state index contributed by atoms with van der Waals surface area (Å²) < 4.78 is 0. The Morgan fingerprint density at radius 1 is 1.64 bits per heavy atom. The molecule has 0 aliphatic rings. The number of nitrogens with one attached hydrogen (secondary N) is 1. The first-order valence-corrected chi connectivity index (χ1v) is 4.46. The first-order valence-electron chi connectivity index (χ1n) is 4.08. The van der Waals surface area contributed by atoms with E-state index in [-0.39, 0.29) is 6.54 Å². The van der Waals surface area contributed by atoms with Crippen molar-refractivity contribution >= 4 is 17.7 Å². The predicted octanol–water partition coefficient (Wildman–Crippen LogP) is 1.61. The maximum atomic E-state index is 10.4. The van der Waals surface area contributed by atoms with Crippen LogP contribution in [0.3, 0.4) is 0 Å². The topological polar surface area (TPSA) is 75.3 Å². The van der Waals surface area contributed by atoms with E-state index in [1.54, 1.807) is 24.3 Å². The normalized spacial score (nSPS) is 12.1. The van der Waals surface area contributed by atoms with Gasteiger partial charge in [0.05, 0.1) is 6.04 Å². The summed E-state index contributed by atoms with van der Waals surface area (Å²) in [7, 11) is 0. The van der Waals surface area contributed by atoms with Crippen LogP contribution in [-0.2, 0) is 0 Å². The van der Waals surface area contributed by atoms with Crippen LogP contribution in [0, 0.1) is 0 Å². The van der Waals surface area contributed by atoms with Crippen molar-refractivity contribution in [2.24, 2.45) is 5.73 Å². The zero-order valence-electron chi connectivity index (χ0n) is 7.40. The lowest BCUT2D eigenvalue weighted by Crippen LogP contribution is -2.32. The van der Waals surface area contributed by atoms with Crippen LogP contribution in [0.1, 0.15) is 11.6 Å². The third-order valence-corrected chi connectivity index (χ3v) is 2.02. The minimum Gasteiger partial charge on any atom is -0.465 e. The highest BCUT2D eigenvalue weighted by Gasteiger charge is 2.11. The van der Waals surface area contributed by atoms with Crippen molar-refractivity contribution in [1.29, 1.82) is 0 Å². The summed E-state index contributed by atoms with van der Waals surface area (Å²) in [5.41, 5.74) is 6.20. The van der Waals surface area contributed by atoms with Gasteiger partial charge in [-0.3, -0.25) is 0 Å². The third-order valence-electron chi connectivity index (χ3n) is 1.78. The van der Waals surface area contributed by atoms with E-state index in [1.807, 2.05) is 0 Å². The van der Waals surface area contributed by atoms with Gasteiger partial charge in [-0.05, 0) is 17.7 Å². The van der Waals surface area contributed by atoms with E-state index in [0.29, 0.717) is 5.02 Å². The quantitative estimate of drug-likeness (QED) is 0.716. The van der Waals surface area contributed by atoms with Crippen molar-refractivity contribution < 1.29 is 9.90 Å². The standard InChI is InChI=1S/C9H11ClN2O2/c10-7-3-1-2-6(4-7)8(5-11)12-9(13)14/h1-4,8,12H,5,11H2,(H,13,14)/t8-/m0/s1. The molecule has 14 heavy (non-hydrogen) atoms. The lowest BCUT2D eigenvalue weighted by atomic mass is 10.1. The van der Waals surface area contributed by atoms with E-state index < -0.39 is 12.1 Å². The SMILES string of the molecule is NC[C@H](NC(=O)O)c1cccc(Cl)c1. The van der Waals surface area contributed by atoms with Gasteiger partial charge in [0, 0.05) is 11.6 Å². The van der Waals surface area contributed by atoms with Gasteiger partial charge in [-0.1, -0.05) is 23.7 Å². The Hall–Kier alpha value is -1.26. The van der Waals surface area contributed by atoms with Crippen LogP contribution in [0.15, 0.2) is 24.3 Å². The molecule has 0 aliphatic carbocycles. The minimum absolute atomic E-state index is 0.201. The first kappa shape index (κ1) is 10.8. The van der Waals surface area contributed by atoms with E-state index >= 15 is 0 Å². The number of hydrogen-bond acceptors (Lipinski definition) is 2. The first-order chi connectivity index (χ1) is 6.63. The number of carboxylic acid groups (broad SMARTS) is 1. The second-order valence-electron chi connectivity index (χ2n) is 2.79. The Morgan fingerprint density at radius 2 is 2.36 bits per heavy atom. The van der Waals surface area contributed by atoms with Crippen LogP contribution in [0.4, 0.5) is 4.79 Å². The van der Waals surface area contributed by atoms with Crippen LogP contribution in [0.2, 0.25) is 5.02 Å².